The Morgan fingerprint density at radius 1 is 1.50 bits per heavy atom. The highest BCUT2D eigenvalue weighted by Crippen LogP contribution is 2.02. The first-order valence-corrected chi connectivity index (χ1v) is 3.74. The summed E-state index contributed by atoms with van der Waals surface area (Å²) in [7, 11) is 0. The van der Waals surface area contributed by atoms with E-state index in [1.807, 2.05) is 13.0 Å². The van der Waals surface area contributed by atoms with Crippen molar-refractivity contribution in [3.05, 3.63) is 23.8 Å². The first-order valence-electron chi connectivity index (χ1n) is 3.74. The first-order chi connectivity index (χ1) is 5.70. The van der Waals surface area contributed by atoms with Gasteiger partial charge >= 0.3 is 5.97 Å². The summed E-state index contributed by atoms with van der Waals surface area (Å²) < 4.78 is 0. The van der Waals surface area contributed by atoms with E-state index in [0.717, 1.165) is 5.57 Å². The maximum atomic E-state index is 10.2. The second-order valence-corrected chi connectivity index (χ2v) is 2.31. The molecule has 0 aromatic carbocycles. The fraction of sp³-hybridized carbons (Fsp3) is 0.333. The number of allylic oxidation sites excluding steroid dienone is 4. The van der Waals surface area contributed by atoms with Crippen molar-refractivity contribution >= 4 is 12.2 Å². The van der Waals surface area contributed by atoms with Crippen molar-refractivity contribution in [1.82, 2.24) is 0 Å². The molecule has 66 valence electrons. The molecule has 0 fully saturated rings. The lowest BCUT2D eigenvalue weighted by Crippen LogP contribution is -1.95. The van der Waals surface area contributed by atoms with Gasteiger partial charge in [-0.05, 0) is 18.9 Å². The first kappa shape index (κ1) is 10.6. The summed E-state index contributed by atoms with van der Waals surface area (Å²) in [6.45, 7) is 1.87. The van der Waals surface area contributed by atoms with Crippen LogP contribution in [-0.2, 0) is 4.79 Å². The molecule has 12 heavy (non-hydrogen) atoms. The standard InChI is InChI=1S/C9H13NO2/c1-2-3-4-8(7-10)5-6-9(11)12/h2-4,7,10H,5-6H2,1H3,(H,11,12)/b3-2-,8-4-,10-7?. The highest BCUT2D eigenvalue weighted by atomic mass is 16.4. The zero-order chi connectivity index (χ0) is 9.40. The van der Waals surface area contributed by atoms with Crippen molar-refractivity contribution in [2.24, 2.45) is 0 Å². The van der Waals surface area contributed by atoms with Crippen molar-refractivity contribution in [3.63, 3.8) is 0 Å². The molecule has 0 saturated heterocycles. The van der Waals surface area contributed by atoms with Gasteiger partial charge in [0, 0.05) is 12.6 Å². The third-order valence-electron chi connectivity index (χ3n) is 1.32. The van der Waals surface area contributed by atoms with Gasteiger partial charge < -0.3 is 10.5 Å². The lowest BCUT2D eigenvalue weighted by atomic mass is 10.1. The highest BCUT2D eigenvalue weighted by Gasteiger charge is 1.97. The fourth-order valence-electron chi connectivity index (χ4n) is 0.675. The summed E-state index contributed by atoms with van der Waals surface area (Å²) in [5.41, 5.74) is 0.732. The maximum absolute atomic E-state index is 10.2. The average molecular weight is 167 g/mol. The number of hydrogen-bond donors (Lipinski definition) is 2. The average Bonchev–Trinajstić information content (AvgIpc) is 2.05. The Bertz CT molecular complexity index is 217. The van der Waals surface area contributed by atoms with Gasteiger partial charge in [-0.25, -0.2) is 0 Å². The Balaban J connectivity index is 3.99. The monoisotopic (exact) mass is 167 g/mol. The van der Waals surface area contributed by atoms with E-state index >= 15 is 0 Å². The van der Waals surface area contributed by atoms with Crippen LogP contribution in [0.2, 0.25) is 0 Å². The van der Waals surface area contributed by atoms with Gasteiger partial charge in [-0.2, -0.15) is 0 Å². The molecule has 0 aliphatic rings. The van der Waals surface area contributed by atoms with E-state index in [-0.39, 0.29) is 6.42 Å². The molecule has 0 heterocycles. The second kappa shape index (κ2) is 6.34. The second-order valence-electron chi connectivity index (χ2n) is 2.31. The van der Waals surface area contributed by atoms with E-state index in [1.54, 1.807) is 12.2 Å². The van der Waals surface area contributed by atoms with Crippen LogP contribution in [0.1, 0.15) is 19.8 Å². The largest absolute Gasteiger partial charge is 0.481 e. The number of rotatable bonds is 5. The van der Waals surface area contributed by atoms with Gasteiger partial charge in [-0.1, -0.05) is 18.2 Å². The predicted molar refractivity (Wildman–Crippen MR) is 48.6 cm³/mol. The summed E-state index contributed by atoms with van der Waals surface area (Å²) in [6.07, 6.45) is 7.06. The van der Waals surface area contributed by atoms with E-state index in [4.69, 9.17) is 10.5 Å². The Morgan fingerprint density at radius 2 is 2.17 bits per heavy atom. The topological polar surface area (TPSA) is 61.2 Å². The molecule has 0 aromatic rings. The van der Waals surface area contributed by atoms with E-state index in [0.29, 0.717) is 6.42 Å². The zero-order valence-electron chi connectivity index (χ0n) is 7.08. The van der Waals surface area contributed by atoms with Crippen molar-refractivity contribution < 1.29 is 9.90 Å². The smallest absolute Gasteiger partial charge is 0.303 e. The van der Waals surface area contributed by atoms with Crippen LogP contribution in [0.5, 0.6) is 0 Å². The van der Waals surface area contributed by atoms with E-state index in [2.05, 4.69) is 0 Å². The minimum absolute atomic E-state index is 0.0821. The number of nitrogens with one attached hydrogen (secondary N) is 1. The Hall–Kier alpha value is -1.38. The summed E-state index contributed by atoms with van der Waals surface area (Å²) in [6, 6.07) is 0. The van der Waals surface area contributed by atoms with E-state index in [9.17, 15) is 4.79 Å². The molecule has 0 bridgehead atoms. The maximum Gasteiger partial charge on any atom is 0.303 e. The normalized spacial score (nSPS) is 11.9. The lowest BCUT2D eigenvalue weighted by Gasteiger charge is -1.95. The molecule has 0 atom stereocenters. The third kappa shape index (κ3) is 5.41. The van der Waals surface area contributed by atoms with Crippen LogP contribution in [-0.4, -0.2) is 17.3 Å². The van der Waals surface area contributed by atoms with Gasteiger partial charge in [0.2, 0.25) is 0 Å². The number of hydrogen-bond acceptors (Lipinski definition) is 2. The number of carboxylic acids is 1. The van der Waals surface area contributed by atoms with Gasteiger partial charge in [0.1, 0.15) is 0 Å². The number of carboxylic acid groups (broad SMARTS) is 1. The molecule has 2 N–H and O–H groups in total. The molecule has 0 unspecified atom stereocenters. The molecular weight excluding hydrogens is 154 g/mol. The Morgan fingerprint density at radius 3 is 2.58 bits per heavy atom. The molecule has 0 amide bonds. The molecule has 3 nitrogen and oxygen atoms in total. The van der Waals surface area contributed by atoms with Gasteiger partial charge in [-0.15, -0.1) is 0 Å². The molecule has 0 aliphatic heterocycles. The summed E-state index contributed by atoms with van der Waals surface area (Å²) in [5, 5.41) is 15.3. The summed E-state index contributed by atoms with van der Waals surface area (Å²) >= 11 is 0. The van der Waals surface area contributed by atoms with Crippen molar-refractivity contribution in [2.45, 2.75) is 19.8 Å². The molecule has 0 radical (unpaired) electrons. The van der Waals surface area contributed by atoms with Crippen molar-refractivity contribution in [1.29, 1.82) is 5.41 Å². The lowest BCUT2D eigenvalue weighted by molar-refractivity contribution is -0.136. The highest BCUT2D eigenvalue weighted by molar-refractivity contribution is 5.78. The Labute approximate surface area is 71.9 Å². The van der Waals surface area contributed by atoms with Gasteiger partial charge in [0.25, 0.3) is 0 Å². The summed E-state index contributed by atoms with van der Waals surface area (Å²) in [5.74, 6) is -0.830. The molecule has 0 aromatic heterocycles. The minimum Gasteiger partial charge on any atom is -0.481 e. The number of carbonyl (C=O) groups is 1. The van der Waals surface area contributed by atoms with Crippen LogP contribution in [0.4, 0.5) is 0 Å². The molecule has 3 heteroatoms. The van der Waals surface area contributed by atoms with Crippen LogP contribution >= 0.6 is 0 Å². The predicted octanol–water partition coefficient (Wildman–Crippen LogP) is 2.00. The molecule has 0 aliphatic carbocycles. The van der Waals surface area contributed by atoms with Crippen LogP contribution in [0.3, 0.4) is 0 Å². The van der Waals surface area contributed by atoms with Crippen LogP contribution in [0.25, 0.3) is 0 Å². The SMILES string of the molecule is C/C=C\C=C(/C=N)CCC(=O)O. The molecule has 0 spiro atoms. The van der Waals surface area contributed by atoms with Crippen LogP contribution in [0.15, 0.2) is 23.8 Å². The zero-order valence-corrected chi connectivity index (χ0v) is 7.08. The minimum atomic E-state index is -0.830. The molecule has 0 saturated carbocycles. The van der Waals surface area contributed by atoms with E-state index < -0.39 is 5.97 Å². The van der Waals surface area contributed by atoms with Gasteiger partial charge in [0.15, 0.2) is 0 Å². The molecular formula is C9H13NO2. The van der Waals surface area contributed by atoms with Crippen LogP contribution < -0.4 is 0 Å². The Kier molecular flexibility index (Phi) is 5.61. The third-order valence-corrected chi connectivity index (χ3v) is 1.32. The fourth-order valence-corrected chi connectivity index (χ4v) is 0.675. The quantitative estimate of drug-likeness (QED) is 0.486. The van der Waals surface area contributed by atoms with Crippen LogP contribution in [0, 0.1) is 5.41 Å². The van der Waals surface area contributed by atoms with Gasteiger partial charge in [-0.3, -0.25) is 4.79 Å². The molecule has 0 rings (SSSR count). The number of aliphatic carboxylic acids is 1. The summed E-state index contributed by atoms with van der Waals surface area (Å²) in [4.78, 5) is 10.2. The van der Waals surface area contributed by atoms with Gasteiger partial charge in [0.05, 0.1) is 0 Å². The van der Waals surface area contributed by atoms with Crippen molar-refractivity contribution in [2.75, 3.05) is 0 Å². The van der Waals surface area contributed by atoms with Crippen molar-refractivity contribution in [3.8, 4) is 0 Å². The van der Waals surface area contributed by atoms with E-state index in [1.165, 1.54) is 6.21 Å².